The molecule has 7 nitrogen and oxygen atoms in total. The van der Waals surface area contributed by atoms with Crippen molar-refractivity contribution in [3.05, 3.63) is 64.2 Å². The third kappa shape index (κ3) is 4.86. The molecule has 0 bridgehead atoms. The van der Waals surface area contributed by atoms with Gasteiger partial charge in [0, 0.05) is 11.6 Å². The standard InChI is InChI=1S/C18H14F4N4O3/c1-10(12-7-6-11(8-14(12)19)29-18(20,21)22)23-16(27)9-26-17(28)13-4-2-3-5-15(13)24-25-26/h2-8,10H,9H2,1H3,(H,23,27). The maximum absolute atomic E-state index is 14.1. The molecule has 1 N–H and O–H groups in total. The smallest absolute Gasteiger partial charge is 0.406 e. The first-order valence-corrected chi connectivity index (χ1v) is 8.31. The van der Waals surface area contributed by atoms with E-state index >= 15 is 0 Å². The lowest BCUT2D eigenvalue weighted by Crippen LogP contribution is -2.35. The zero-order valence-electron chi connectivity index (χ0n) is 14.9. The maximum Gasteiger partial charge on any atom is 0.573 e. The minimum atomic E-state index is -4.94. The van der Waals surface area contributed by atoms with Gasteiger partial charge in [-0.25, -0.2) is 9.07 Å². The van der Waals surface area contributed by atoms with Crippen LogP contribution in [0, 0.1) is 5.82 Å². The van der Waals surface area contributed by atoms with Gasteiger partial charge in [-0.2, -0.15) is 0 Å². The van der Waals surface area contributed by atoms with Gasteiger partial charge in [-0.15, -0.1) is 18.3 Å². The van der Waals surface area contributed by atoms with Gasteiger partial charge in [0.15, 0.2) is 0 Å². The number of carbonyl (C=O) groups is 1. The summed E-state index contributed by atoms with van der Waals surface area (Å²) >= 11 is 0. The Hall–Kier alpha value is -3.50. The number of hydrogen-bond acceptors (Lipinski definition) is 5. The average molecular weight is 410 g/mol. The average Bonchev–Trinajstić information content (AvgIpc) is 2.63. The van der Waals surface area contributed by atoms with Crippen molar-refractivity contribution < 1.29 is 27.1 Å². The lowest BCUT2D eigenvalue weighted by Gasteiger charge is -2.16. The predicted octanol–water partition coefficient (Wildman–Crippen LogP) is 2.71. The van der Waals surface area contributed by atoms with E-state index in [-0.39, 0.29) is 10.9 Å². The summed E-state index contributed by atoms with van der Waals surface area (Å²) in [7, 11) is 0. The number of benzene rings is 2. The molecule has 2 aromatic carbocycles. The Bertz CT molecular complexity index is 1110. The first-order chi connectivity index (χ1) is 13.6. The Kier molecular flexibility index (Phi) is 5.48. The number of amides is 1. The molecular formula is C18H14F4N4O3. The highest BCUT2D eigenvalue weighted by molar-refractivity contribution is 5.78. The lowest BCUT2D eigenvalue weighted by atomic mass is 10.1. The molecule has 1 heterocycles. The topological polar surface area (TPSA) is 86.1 Å². The third-order valence-corrected chi connectivity index (χ3v) is 3.97. The Morgan fingerprint density at radius 3 is 2.66 bits per heavy atom. The van der Waals surface area contributed by atoms with Crippen molar-refractivity contribution in [2.45, 2.75) is 25.9 Å². The van der Waals surface area contributed by atoms with Crippen molar-refractivity contribution >= 4 is 16.8 Å². The number of rotatable bonds is 5. The van der Waals surface area contributed by atoms with Crippen LogP contribution in [0.3, 0.4) is 0 Å². The second kappa shape index (κ2) is 7.86. The van der Waals surface area contributed by atoms with Crippen LogP contribution in [0.4, 0.5) is 17.6 Å². The molecule has 0 saturated carbocycles. The Balaban J connectivity index is 1.71. The van der Waals surface area contributed by atoms with Crippen molar-refractivity contribution in [2.24, 2.45) is 0 Å². The fourth-order valence-corrected chi connectivity index (χ4v) is 2.68. The highest BCUT2D eigenvalue weighted by Gasteiger charge is 2.31. The van der Waals surface area contributed by atoms with Crippen molar-refractivity contribution in [3.63, 3.8) is 0 Å². The highest BCUT2D eigenvalue weighted by Crippen LogP contribution is 2.26. The summed E-state index contributed by atoms with van der Waals surface area (Å²) in [6, 6.07) is 8.18. The predicted molar refractivity (Wildman–Crippen MR) is 93.4 cm³/mol. The molecule has 1 amide bonds. The Morgan fingerprint density at radius 1 is 1.24 bits per heavy atom. The number of alkyl halides is 3. The summed E-state index contributed by atoms with van der Waals surface area (Å²) < 4.78 is 55.2. The molecule has 0 saturated heterocycles. The molecule has 3 rings (SSSR count). The molecular weight excluding hydrogens is 396 g/mol. The van der Waals surface area contributed by atoms with Crippen LogP contribution in [-0.2, 0) is 11.3 Å². The normalized spacial score (nSPS) is 12.6. The zero-order valence-corrected chi connectivity index (χ0v) is 14.9. The molecule has 11 heteroatoms. The largest absolute Gasteiger partial charge is 0.573 e. The van der Waals surface area contributed by atoms with Crippen LogP contribution in [0.25, 0.3) is 10.9 Å². The second-order valence-corrected chi connectivity index (χ2v) is 6.09. The quantitative estimate of drug-likeness (QED) is 0.654. The van der Waals surface area contributed by atoms with Gasteiger partial charge in [0.1, 0.15) is 23.6 Å². The van der Waals surface area contributed by atoms with Crippen molar-refractivity contribution in [3.8, 4) is 5.75 Å². The molecule has 0 aliphatic carbocycles. The van der Waals surface area contributed by atoms with E-state index in [0.29, 0.717) is 11.6 Å². The molecule has 1 unspecified atom stereocenters. The number of carbonyl (C=O) groups excluding carboxylic acids is 1. The van der Waals surface area contributed by atoms with Gasteiger partial charge >= 0.3 is 6.36 Å². The minimum Gasteiger partial charge on any atom is -0.406 e. The summed E-state index contributed by atoms with van der Waals surface area (Å²) in [6.45, 7) is 0.980. The van der Waals surface area contributed by atoms with Crippen molar-refractivity contribution in [1.29, 1.82) is 0 Å². The van der Waals surface area contributed by atoms with Crippen molar-refractivity contribution in [1.82, 2.24) is 20.3 Å². The maximum atomic E-state index is 14.1. The SMILES string of the molecule is CC(NC(=O)Cn1nnc2ccccc2c1=O)c1ccc(OC(F)(F)F)cc1F. The monoisotopic (exact) mass is 410 g/mol. The van der Waals surface area contributed by atoms with E-state index in [4.69, 9.17) is 0 Å². The van der Waals surface area contributed by atoms with Crippen LogP contribution >= 0.6 is 0 Å². The number of aromatic nitrogens is 3. The lowest BCUT2D eigenvalue weighted by molar-refractivity contribution is -0.274. The van der Waals surface area contributed by atoms with Gasteiger partial charge in [-0.1, -0.05) is 23.4 Å². The number of ether oxygens (including phenoxy) is 1. The number of hydrogen-bond donors (Lipinski definition) is 1. The van der Waals surface area contributed by atoms with Crippen molar-refractivity contribution in [2.75, 3.05) is 0 Å². The van der Waals surface area contributed by atoms with E-state index in [0.717, 1.165) is 16.8 Å². The van der Waals surface area contributed by atoms with E-state index in [9.17, 15) is 27.2 Å². The Morgan fingerprint density at radius 2 is 1.97 bits per heavy atom. The first kappa shape index (κ1) is 20.2. The summed E-state index contributed by atoms with van der Waals surface area (Å²) in [6.07, 6.45) is -4.94. The first-order valence-electron chi connectivity index (χ1n) is 8.31. The molecule has 1 atom stereocenters. The van der Waals surface area contributed by atoms with Gasteiger partial charge < -0.3 is 10.1 Å². The summed E-state index contributed by atoms with van der Waals surface area (Å²) in [5, 5.41) is 10.3. The number of nitrogens with zero attached hydrogens (tertiary/aromatic N) is 3. The molecule has 1 aromatic heterocycles. The van der Waals surface area contributed by atoms with Crippen LogP contribution in [-0.4, -0.2) is 27.3 Å². The number of fused-ring (bicyclic) bond motifs is 1. The fourth-order valence-electron chi connectivity index (χ4n) is 2.68. The number of nitrogens with one attached hydrogen (secondary N) is 1. The van der Waals surface area contributed by atoms with Gasteiger partial charge in [0.05, 0.1) is 11.4 Å². The molecule has 0 aliphatic heterocycles. The summed E-state index contributed by atoms with van der Waals surface area (Å²) in [4.78, 5) is 24.6. The van der Waals surface area contributed by atoms with Gasteiger partial charge in [-0.3, -0.25) is 9.59 Å². The van der Waals surface area contributed by atoms with E-state index < -0.39 is 42.0 Å². The molecule has 29 heavy (non-hydrogen) atoms. The van der Waals surface area contributed by atoms with Crippen LogP contribution in [0.15, 0.2) is 47.3 Å². The van der Waals surface area contributed by atoms with Crippen LogP contribution < -0.4 is 15.6 Å². The molecule has 3 aromatic rings. The summed E-state index contributed by atoms with van der Waals surface area (Å²) in [5.41, 5.74) is -0.186. The summed E-state index contributed by atoms with van der Waals surface area (Å²) in [5.74, 6) is -2.35. The molecule has 0 radical (unpaired) electrons. The number of halogens is 4. The van der Waals surface area contributed by atoms with Gasteiger partial charge in [0.25, 0.3) is 5.56 Å². The Labute approximate surface area is 160 Å². The van der Waals surface area contributed by atoms with E-state index in [2.05, 4.69) is 20.4 Å². The molecule has 0 fully saturated rings. The molecule has 0 spiro atoms. The minimum absolute atomic E-state index is 0.0511. The molecule has 152 valence electrons. The van der Waals surface area contributed by atoms with Crippen LogP contribution in [0.2, 0.25) is 0 Å². The zero-order chi connectivity index (χ0) is 21.2. The second-order valence-electron chi connectivity index (χ2n) is 6.09. The van der Waals surface area contributed by atoms with E-state index in [1.54, 1.807) is 24.3 Å². The van der Waals surface area contributed by atoms with Gasteiger partial charge in [0.2, 0.25) is 5.91 Å². The van der Waals surface area contributed by atoms with E-state index in [1.165, 1.54) is 6.92 Å². The third-order valence-electron chi connectivity index (χ3n) is 3.97. The fraction of sp³-hybridized carbons (Fsp3) is 0.222. The highest BCUT2D eigenvalue weighted by atomic mass is 19.4. The van der Waals surface area contributed by atoms with Crippen LogP contribution in [0.1, 0.15) is 18.5 Å². The van der Waals surface area contributed by atoms with Gasteiger partial charge in [-0.05, 0) is 25.1 Å². The van der Waals surface area contributed by atoms with E-state index in [1.807, 2.05) is 0 Å². The van der Waals surface area contributed by atoms with Crippen LogP contribution in [0.5, 0.6) is 5.75 Å². The molecule has 0 aliphatic rings.